The molecule has 0 radical (unpaired) electrons. The van der Waals surface area contributed by atoms with E-state index < -0.39 is 15.6 Å². The summed E-state index contributed by atoms with van der Waals surface area (Å²) in [5.41, 5.74) is -0.115. The Morgan fingerprint density at radius 2 is 1.65 bits per heavy atom. The Balaban J connectivity index is 2.64. The van der Waals surface area contributed by atoms with Crippen LogP contribution in [-0.2, 0) is 10.0 Å². The van der Waals surface area contributed by atoms with Crippen LogP contribution in [0.3, 0.4) is 0 Å². The highest BCUT2D eigenvalue weighted by Gasteiger charge is 2.22. The Bertz CT molecular complexity index is 604. The Hall–Kier alpha value is -1.44. The lowest BCUT2D eigenvalue weighted by Gasteiger charge is -2.20. The summed E-state index contributed by atoms with van der Waals surface area (Å²) in [6.07, 6.45) is 1.05. The van der Waals surface area contributed by atoms with Gasteiger partial charge in [0.2, 0.25) is 10.0 Å². The van der Waals surface area contributed by atoms with Gasteiger partial charge in [0, 0.05) is 24.2 Å². The largest absolute Gasteiger partial charge is 0.351 e. The van der Waals surface area contributed by atoms with E-state index in [-0.39, 0.29) is 10.8 Å². The maximum Gasteiger partial charge on any atom is 0.251 e. The van der Waals surface area contributed by atoms with E-state index in [1.807, 2.05) is 0 Å². The molecule has 0 spiro atoms. The van der Waals surface area contributed by atoms with Gasteiger partial charge in [-0.3, -0.25) is 4.79 Å². The van der Waals surface area contributed by atoms with E-state index >= 15 is 0 Å². The van der Waals surface area contributed by atoms with E-state index in [1.165, 1.54) is 24.3 Å². The third-order valence-corrected chi connectivity index (χ3v) is 4.66. The number of carbonyl (C=O) groups excluding carboxylic acids is 1. The molecular weight excluding hydrogens is 314 g/mol. The number of hydrogen-bond acceptors (Lipinski definition) is 4. The fraction of sp³-hybridized carbons (Fsp3) is 0.562. The molecule has 0 saturated carbocycles. The molecule has 0 aliphatic rings. The number of hydrogen-bond donors (Lipinski definition) is 3. The lowest BCUT2D eigenvalue weighted by atomic mass is 10.1. The van der Waals surface area contributed by atoms with Gasteiger partial charge in [0.25, 0.3) is 5.91 Å². The Kier molecular flexibility index (Phi) is 7.18. The predicted octanol–water partition coefficient (Wildman–Crippen LogP) is 1.49. The molecule has 23 heavy (non-hydrogen) atoms. The van der Waals surface area contributed by atoms with E-state index in [0.29, 0.717) is 18.7 Å². The number of rotatable bonds is 8. The molecule has 0 bridgehead atoms. The molecule has 1 amide bonds. The zero-order valence-electron chi connectivity index (χ0n) is 14.3. The first-order valence-corrected chi connectivity index (χ1v) is 9.27. The van der Waals surface area contributed by atoms with Gasteiger partial charge in [-0.25, -0.2) is 13.1 Å². The first-order chi connectivity index (χ1) is 10.7. The van der Waals surface area contributed by atoms with Crippen LogP contribution in [0.2, 0.25) is 0 Å². The average molecular weight is 341 g/mol. The Morgan fingerprint density at radius 1 is 1.04 bits per heavy atom. The normalized spacial score (nSPS) is 12.2. The minimum absolute atomic E-state index is 0.147. The molecular formula is C16H27N3O3S. The summed E-state index contributed by atoms with van der Waals surface area (Å²) in [6.45, 7) is 9.57. The van der Waals surface area contributed by atoms with E-state index in [4.69, 9.17) is 0 Å². The Labute approximate surface area is 139 Å². The highest BCUT2D eigenvalue weighted by Crippen LogP contribution is 2.13. The molecule has 6 nitrogen and oxygen atoms in total. The van der Waals surface area contributed by atoms with Crippen molar-refractivity contribution in [1.82, 2.24) is 15.4 Å². The maximum absolute atomic E-state index is 12.2. The quantitative estimate of drug-likeness (QED) is 0.625. The molecule has 1 aromatic rings. The number of sulfonamides is 1. The van der Waals surface area contributed by atoms with Gasteiger partial charge in [-0.2, -0.15) is 0 Å². The van der Waals surface area contributed by atoms with Crippen LogP contribution in [0.15, 0.2) is 29.2 Å². The topological polar surface area (TPSA) is 87.3 Å². The monoisotopic (exact) mass is 341 g/mol. The van der Waals surface area contributed by atoms with Crippen molar-refractivity contribution >= 4 is 15.9 Å². The fourth-order valence-electron chi connectivity index (χ4n) is 1.92. The summed E-state index contributed by atoms with van der Waals surface area (Å²) in [7, 11) is -3.58. The average Bonchev–Trinajstić information content (AvgIpc) is 2.44. The van der Waals surface area contributed by atoms with Crippen LogP contribution in [0, 0.1) is 0 Å². The van der Waals surface area contributed by atoms with E-state index in [1.54, 1.807) is 20.8 Å². The van der Waals surface area contributed by atoms with Crippen molar-refractivity contribution in [3.8, 4) is 0 Å². The minimum atomic E-state index is -3.58. The number of nitrogens with one attached hydrogen (secondary N) is 3. The molecule has 1 aromatic carbocycles. The van der Waals surface area contributed by atoms with Gasteiger partial charge in [0.05, 0.1) is 4.90 Å². The number of amides is 1. The van der Waals surface area contributed by atoms with Gasteiger partial charge >= 0.3 is 0 Å². The van der Waals surface area contributed by atoms with Crippen LogP contribution in [0.5, 0.6) is 0 Å². The molecule has 0 fully saturated rings. The zero-order valence-corrected chi connectivity index (χ0v) is 15.1. The van der Waals surface area contributed by atoms with Crippen molar-refractivity contribution in [2.24, 2.45) is 0 Å². The first kappa shape index (κ1) is 19.6. The summed E-state index contributed by atoms with van der Waals surface area (Å²) in [5.74, 6) is -0.212. The smallest absolute Gasteiger partial charge is 0.251 e. The number of benzene rings is 1. The van der Waals surface area contributed by atoms with Crippen molar-refractivity contribution in [2.75, 3.05) is 19.6 Å². The lowest BCUT2D eigenvalue weighted by molar-refractivity contribution is 0.0954. The molecule has 0 aromatic heterocycles. The molecule has 1 rings (SSSR count). The summed E-state index contributed by atoms with van der Waals surface area (Å²) in [6, 6.07) is 5.93. The molecule has 0 atom stereocenters. The van der Waals surface area contributed by atoms with Gasteiger partial charge in [0.15, 0.2) is 0 Å². The Morgan fingerprint density at radius 3 is 2.17 bits per heavy atom. The van der Waals surface area contributed by atoms with Crippen LogP contribution in [-0.4, -0.2) is 39.5 Å². The van der Waals surface area contributed by atoms with E-state index in [9.17, 15) is 13.2 Å². The SMILES string of the molecule is CCCNCCNC(=O)c1ccc(S(=O)(=O)NC(C)(C)C)cc1. The van der Waals surface area contributed by atoms with E-state index in [2.05, 4.69) is 22.3 Å². The lowest BCUT2D eigenvalue weighted by Crippen LogP contribution is -2.40. The van der Waals surface area contributed by atoms with Crippen molar-refractivity contribution in [2.45, 2.75) is 44.6 Å². The minimum Gasteiger partial charge on any atom is -0.351 e. The third-order valence-electron chi connectivity index (χ3n) is 2.88. The van der Waals surface area contributed by atoms with Crippen molar-refractivity contribution in [1.29, 1.82) is 0 Å². The summed E-state index contributed by atoms with van der Waals surface area (Å²) in [5, 5.41) is 5.98. The van der Waals surface area contributed by atoms with Crippen LogP contribution < -0.4 is 15.4 Å². The highest BCUT2D eigenvalue weighted by atomic mass is 32.2. The molecule has 3 N–H and O–H groups in total. The highest BCUT2D eigenvalue weighted by molar-refractivity contribution is 7.89. The molecule has 0 unspecified atom stereocenters. The second-order valence-corrected chi connectivity index (χ2v) is 8.07. The molecule has 7 heteroatoms. The van der Waals surface area contributed by atoms with Gasteiger partial charge in [-0.15, -0.1) is 0 Å². The van der Waals surface area contributed by atoms with Crippen LogP contribution in [0.4, 0.5) is 0 Å². The predicted molar refractivity (Wildman–Crippen MR) is 92.0 cm³/mol. The summed E-state index contributed by atoms with van der Waals surface area (Å²) < 4.78 is 26.9. The molecule has 0 aliphatic heterocycles. The van der Waals surface area contributed by atoms with Gasteiger partial charge < -0.3 is 10.6 Å². The van der Waals surface area contributed by atoms with Crippen molar-refractivity contribution in [3.63, 3.8) is 0 Å². The zero-order chi connectivity index (χ0) is 17.5. The van der Waals surface area contributed by atoms with E-state index in [0.717, 1.165) is 13.0 Å². The maximum atomic E-state index is 12.2. The second-order valence-electron chi connectivity index (χ2n) is 6.39. The number of carbonyl (C=O) groups is 1. The fourth-order valence-corrected chi connectivity index (χ4v) is 3.33. The third kappa shape index (κ3) is 7.11. The van der Waals surface area contributed by atoms with Gasteiger partial charge in [0.1, 0.15) is 0 Å². The van der Waals surface area contributed by atoms with Crippen LogP contribution in [0.1, 0.15) is 44.5 Å². The molecule has 0 aliphatic carbocycles. The summed E-state index contributed by atoms with van der Waals surface area (Å²) >= 11 is 0. The first-order valence-electron chi connectivity index (χ1n) is 7.78. The van der Waals surface area contributed by atoms with Crippen molar-refractivity contribution < 1.29 is 13.2 Å². The van der Waals surface area contributed by atoms with Crippen molar-refractivity contribution in [3.05, 3.63) is 29.8 Å². The van der Waals surface area contributed by atoms with Crippen LogP contribution in [0.25, 0.3) is 0 Å². The standard InChI is InChI=1S/C16H27N3O3S/c1-5-10-17-11-12-18-15(20)13-6-8-14(9-7-13)23(21,22)19-16(2,3)4/h6-9,17,19H,5,10-12H2,1-4H3,(H,18,20). The molecule has 0 heterocycles. The van der Waals surface area contributed by atoms with Gasteiger partial charge in [-0.05, 0) is 58.0 Å². The van der Waals surface area contributed by atoms with Gasteiger partial charge in [-0.1, -0.05) is 6.92 Å². The summed E-state index contributed by atoms with van der Waals surface area (Å²) in [4.78, 5) is 12.1. The second kappa shape index (κ2) is 8.42. The molecule has 0 saturated heterocycles. The van der Waals surface area contributed by atoms with Crippen LogP contribution >= 0.6 is 0 Å². The molecule has 130 valence electrons.